The van der Waals surface area contributed by atoms with E-state index in [-0.39, 0.29) is 16.5 Å². The zero-order valence-corrected chi connectivity index (χ0v) is 17.2. The summed E-state index contributed by atoms with van der Waals surface area (Å²) in [6, 6.07) is 15.3. The van der Waals surface area contributed by atoms with Crippen molar-refractivity contribution in [3.8, 4) is 0 Å². The molecule has 2 fully saturated rings. The van der Waals surface area contributed by atoms with Gasteiger partial charge in [-0.05, 0) is 37.0 Å². The number of piperazine rings is 1. The third kappa shape index (κ3) is 4.62. The lowest BCUT2D eigenvalue weighted by molar-refractivity contribution is -0.384. The number of benzene rings is 2. The van der Waals surface area contributed by atoms with Gasteiger partial charge in [-0.1, -0.05) is 30.3 Å². The molecule has 0 spiro atoms. The molecule has 7 heteroatoms. The van der Waals surface area contributed by atoms with E-state index in [2.05, 4.69) is 29.2 Å². The van der Waals surface area contributed by atoms with Crippen LogP contribution in [0.4, 0.5) is 11.4 Å². The minimum atomic E-state index is -0.369. The number of carbonyl (C=O) groups excluding carboxylic acids is 1. The summed E-state index contributed by atoms with van der Waals surface area (Å²) in [5.41, 5.74) is 2.38. The minimum absolute atomic E-state index is 0.0317. The summed E-state index contributed by atoms with van der Waals surface area (Å²) in [4.78, 5) is 30.4. The van der Waals surface area contributed by atoms with Gasteiger partial charge in [-0.3, -0.25) is 19.8 Å². The van der Waals surface area contributed by atoms with Crippen LogP contribution < -0.4 is 4.90 Å². The fourth-order valence-electron chi connectivity index (χ4n) is 4.32. The van der Waals surface area contributed by atoms with Crippen molar-refractivity contribution in [2.45, 2.75) is 19.3 Å². The van der Waals surface area contributed by atoms with E-state index in [1.54, 1.807) is 12.1 Å². The number of carbonyl (C=O) groups is 1. The highest BCUT2D eigenvalue weighted by atomic mass is 16.6. The Bertz CT molecular complexity index is 889. The zero-order chi connectivity index (χ0) is 20.9. The molecule has 0 unspecified atom stereocenters. The Balaban J connectivity index is 1.36. The molecule has 2 heterocycles. The fraction of sp³-hybridized carbons (Fsp3) is 0.435. The summed E-state index contributed by atoms with van der Waals surface area (Å²) in [5.74, 6) is -0.117. The number of hydrogen-bond acceptors (Lipinski definition) is 5. The second-order valence-electron chi connectivity index (χ2n) is 8.02. The van der Waals surface area contributed by atoms with Gasteiger partial charge in [0, 0.05) is 57.4 Å². The first-order valence-corrected chi connectivity index (χ1v) is 10.7. The first-order valence-electron chi connectivity index (χ1n) is 10.7. The molecular formula is C23H28N4O3. The first kappa shape index (κ1) is 20.3. The molecule has 4 rings (SSSR count). The lowest BCUT2D eigenvalue weighted by Gasteiger charge is -2.34. The van der Waals surface area contributed by atoms with E-state index in [0.717, 1.165) is 52.0 Å². The highest BCUT2D eigenvalue weighted by Gasteiger charge is 2.27. The molecule has 0 aliphatic carbocycles. The number of nitro groups is 1. The predicted molar refractivity (Wildman–Crippen MR) is 117 cm³/mol. The van der Waals surface area contributed by atoms with E-state index >= 15 is 0 Å². The Morgan fingerprint density at radius 2 is 1.63 bits per heavy atom. The third-order valence-corrected chi connectivity index (χ3v) is 6.08. The van der Waals surface area contributed by atoms with Crippen molar-refractivity contribution in [1.82, 2.24) is 9.80 Å². The van der Waals surface area contributed by atoms with E-state index in [4.69, 9.17) is 0 Å². The average Bonchev–Trinajstić information content (AvgIpc) is 3.32. The number of hydrogen-bond donors (Lipinski definition) is 0. The molecule has 2 aliphatic rings. The van der Waals surface area contributed by atoms with E-state index in [1.165, 1.54) is 11.6 Å². The highest BCUT2D eigenvalue weighted by molar-refractivity contribution is 5.96. The topological polar surface area (TPSA) is 69.9 Å². The molecule has 0 atom stereocenters. The van der Waals surface area contributed by atoms with Crippen molar-refractivity contribution in [1.29, 1.82) is 0 Å². The smallest absolute Gasteiger partial charge is 0.293 e. The fourth-order valence-corrected chi connectivity index (χ4v) is 4.32. The first-order chi connectivity index (χ1) is 14.6. The Kier molecular flexibility index (Phi) is 6.28. The number of nitro benzene ring substituents is 1. The lowest BCUT2D eigenvalue weighted by Crippen LogP contribution is -2.49. The average molecular weight is 409 g/mol. The number of rotatable bonds is 6. The van der Waals surface area contributed by atoms with Crippen LogP contribution in [0.5, 0.6) is 0 Å². The molecule has 2 aromatic carbocycles. The standard InChI is InChI=1S/C23H28N4O3/c28-23(20-8-9-21(22(18-20)27(29)30)25-11-4-5-12-25)26-16-14-24(15-17-26)13-10-19-6-2-1-3-7-19/h1-3,6-9,18H,4-5,10-17H2. The van der Waals surface area contributed by atoms with Gasteiger partial charge in [0.25, 0.3) is 11.6 Å². The molecule has 2 saturated heterocycles. The van der Waals surface area contributed by atoms with Gasteiger partial charge in [0.1, 0.15) is 5.69 Å². The largest absolute Gasteiger partial charge is 0.366 e. The maximum atomic E-state index is 13.0. The molecule has 1 amide bonds. The van der Waals surface area contributed by atoms with Crippen molar-refractivity contribution >= 4 is 17.3 Å². The molecular weight excluding hydrogens is 380 g/mol. The molecule has 0 bridgehead atoms. The van der Waals surface area contributed by atoms with Gasteiger partial charge < -0.3 is 9.80 Å². The summed E-state index contributed by atoms with van der Waals surface area (Å²) in [6.07, 6.45) is 3.09. The second kappa shape index (κ2) is 9.26. The molecule has 30 heavy (non-hydrogen) atoms. The number of anilines is 1. The van der Waals surface area contributed by atoms with Crippen LogP contribution in [0.1, 0.15) is 28.8 Å². The molecule has 0 aromatic heterocycles. The van der Waals surface area contributed by atoms with Crippen LogP contribution in [0.3, 0.4) is 0 Å². The third-order valence-electron chi connectivity index (χ3n) is 6.08. The second-order valence-corrected chi connectivity index (χ2v) is 8.02. The van der Waals surface area contributed by atoms with Crippen LogP contribution in [-0.4, -0.2) is 66.4 Å². The Hall–Kier alpha value is -2.93. The van der Waals surface area contributed by atoms with Gasteiger partial charge >= 0.3 is 0 Å². The van der Waals surface area contributed by atoms with Crippen molar-refractivity contribution in [2.75, 3.05) is 50.7 Å². The molecule has 0 saturated carbocycles. The summed E-state index contributed by atoms with van der Waals surface area (Å²) in [6.45, 7) is 5.59. The molecule has 0 N–H and O–H groups in total. The number of nitrogens with zero attached hydrogens (tertiary/aromatic N) is 4. The van der Waals surface area contributed by atoms with Crippen LogP contribution in [0.15, 0.2) is 48.5 Å². The molecule has 158 valence electrons. The molecule has 2 aromatic rings. The SMILES string of the molecule is O=C(c1ccc(N2CCCC2)c([N+](=O)[O-])c1)N1CCN(CCc2ccccc2)CC1. The van der Waals surface area contributed by atoms with Gasteiger partial charge in [0.2, 0.25) is 0 Å². The lowest BCUT2D eigenvalue weighted by atomic mass is 10.1. The summed E-state index contributed by atoms with van der Waals surface area (Å²) >= 11 is 0. The van der Waals surface area contributed by atoms with Gasteiger partial charge in [-0.25, -0.2) is 0 Å². The minimum Gasteiger partial charge on any atom is -0.366 e. The monoisotopic (exact) mass is 408 g/mol. The van der Waals surface area contributed by atoms with Crippen molar-refractivity contribution in [2.24, 2.45) is 0 Å². The van der Waals surface area contributed by atoms with Crippen LogP contribution in [0, 0.1) is 10.1 Å². The van der Waals surface area contributed by atoms with Crippen molar-refractivity contribution in [3.05, 3.63) is 69.8 Å². The summed E-state index contributed by atoms with van der Waals surface area (Å²) in [7, 11) is 0. The van der Waals surface area contributed by atoms with Gasteiger partial charge in [0.15, 0.2) is 0 Å². The Morgan fingerprint density at radius 3 is 2.30 bits per heavy atom. The molecule has 0 radical (unpaired) electrons. The van der Waals surface area contributed by atoms with Crippen molar-refractivity contribution in [3.63, 3.8) is 0 Å². The Labute approximate surface area is 177 Å². The van der Waals surface area contributed by atoms with Crippen LogP contribution in [0.25, 0.3) is 0 Å². The van der Waals surface area contributed by atoms with Gasteiger partial charge in [-0.15, -0.1) is 0 Å². The molecule has 7 nitrogen and oxygen atoms in total. The Morgan fingerprint density at radius 1 is 0.933 bits per heavy atom. The van der Waals surface area contributed by atoms with Gasteiger partial charge in [-0.2, -0.15) is 0 Å². The quantitative estimate of drug-likeness (QED) is 0.542. The van der Waals surface area contributed by atoms with Crippen molar-refractivity contribution < 1.29 is 9.72 Å². The number of amides is 1. The summed E-state index contributed by atoms with van der Waals surface area (Å²) < 4.78 is 0. The maximum absolute atomic E-state index is 13.0. The van der Waals surface area contributed by atoms with E-state index in [0.29, 0.717) is 24.3 Å². The maximum Gasteiger partial charge on any atom is 0.293 e. The van der Waals surface area contributed by atoms with E-state index in [9.17, 15) is 14.9 Å². The summed E-state index contributed by atoms with van der Waals surface area (Å²) in [5, 5.41) is 11.6. The molecule has 2 aliphatic heterocycles. The van der Waals surface area contributed by atoms with Gasteiger partial charge in [0.05, 0.1) is 4.92 Å². The van der Waals surface area contributed by atoms with Crippen LogP contribution in [-0.2, 0) is 6.42 Å². The normalized spacial score (nSPS) is 17.3. The highest BCUT2D eigenvalue weighted by Crippen LogP contribution is 2.32. The van der Waals surface area contributed by atoms with E-state index in [1.807, 2.05) is 15.9 Å². The van der Waals surface area contributed by atoms with E-state index < -0.39 is 0 Å². The zero-order valence-electron chi connectivity index (χ0n) is 17.2. The van der Waals surface area contributed by atoms with Crippen LogP contribution >= 0.6 is 0 Å². The van der Waals surface area contributed by atoms with Crippen LogP contribution in [0.2, 0.25) is 0 Å². The predicted octanol–water partition coefficient (Wildman–Crippen LogP) is 3.20.